The molecule has 22 heteroatoms. The van der Waals surface area contributed by atoms with Crippen LogP contribution in [0.2, 0.25) is 0 Å². The fraction of sp³-hybridized carbons (Fsp3) is 0.561. The number of carbonyl (C=O) groups is 6. The molecule has 1 spiro atoms. The van der Waals surface area contributed by atoms with Gasteiger partial charge in [-0.1, -0.05) is 30.7 Å². The summed E-state index contributed by atoms with van der Waals surface area (Å²) >= 11 is 0. The van der Waals surface area contributed by atoms with Crippen LogP contribution in [0.4, 0.5) is 0 Å². The van der Waals surface area contributed by atoms with Gasteiger partial charge in [-0.05, 0) is 74.0 Å². The van der Waals surface area contributed by atoms with Gasteiger partial charge in [0.15, 0.2) is 17.6 Å². The molecule has 3 N–H and O–H groups in total. The van der Waals surface area contributed by atoms with Crippen molar-refractivity contribution in [3.8, 4) is 5.88 Å². The van der Waals surface area contributed by atoms with Crippen LogP contribution in [0.5, 0.6) is 5.88 Å². The minimum atomic E-state index is -4.34. The van der Waals surface area contributed by atoms with Gasteiger partial charge in [-0.2, -0.15) is 0 Å². The first-order chi connectivity index (χ1) is 29.7. The van der Waals surface area contributed by atoms with E-state index in [1.165, 1.54) is 31.2 Å². The maximum atomic E-state index is 13.8. The molecule has 3 aliphatic carbocycles. The van der Waals surface area contributed by atoms with E-state index in [1.807, 2.05) is 0 Å². The molecule has 0 radical (unpaired) electrons. The van der Waals surface area contributed by atoms with Gasteiger partial charge < -0.3 is 48.9 Å². The number of fused-ring (bicyclic) bond motifs is 2. The number of esters is 4. The van der Waals surface area contributed by atoms with Crippen LogP contribution in [-0.2, 0) is 62.3 Å². The Morgan fingerprint density at radius 2 is 1.71 bits per heavy atom. The average molecular weight is 903 g/mol. The van der Waals surface area contributed by atoms with E-state index >= 15 is 0 Å². The largest absolute Gasteiger partial charge is 0.504 e. The summed E-state index contributed by atoms with van der Waals surface area (Å²) in [6.45, 7) is 5.59. The zero-order valence-corrected chi connectivity index (χ0v) is 35.4. The van der Waals surface area contributed by atoms with Crippen molar-refractivity contribution < 1.29 is 90.5 Å². The number of benzene rings is 1. The van der Waals surface area contributed by atoms with E-state index in [2.05, 4.69) is 9.79 Å². The molecular formula is C41H46N2O19S. The predicted molar refractivity (Wildman–Crippen MR) is 204 cm³/mol. The van der Waals surface area contributed by atoms with E-state index in [-0.39, 0.29) is 54.3 Å². The van der Waals surface area contributed by atoms with Crippen LogP contribution in [0.15, 0.2) is 67.9 Å². The second-order valence-electron chi connectivity index (χ2n) is 16.9. The Kier molecular flexibility index (Phi) is 12.0. The number of rotatable bonds is 15. The van der Waals surface area contributed by atoms with E-state index < -0.39 is 140 Å². The highest BCUT2D eigenvalue weighted by molar-refractivity contribution is 7.91. The van der Waals surface area contributed by atoms with Crippen LogP contribution in [-0.4, -0.2) is 114 Å². The number of hydrogen-bond acceptors (Lipinski definition) is 19. The second kappa shape index (κ2) is 16.7. The number of sulfone groups is 1. The number of ketones is 1. The van der Waals surface area contributed by atoms with Gasteiger partial charge in [0.2, 0.25) is 11.7 Å². The molecule has 7 rings (SSSR count). The van der Waals surface area contributed by atoms with E-state index in [4.69, 9.17) is 28.4 Å². The number of hydrogen-bond donors (Lipinski definition) is 3. The fourth-order valence-corrected chi connectivity index (χ4v) is 11.8. The fourth-order valence-electron chi connectivity index (χ4n) is 10.5. The average Bonchev–Trinajstić information content (AvgIpc) is 3.75. The molecule has 2 saturated carbocycles. The number of unbranched alkanes of at least 4 members (excludes halogenated alkanes) is 1. The molecule has 1 aromatic carbocycles. The van der Waals surface area contributed by atoms with Crippen LogP contribution in [0.1, 0.15) is 66.2 Å². The van der Waals surface area contributed by atoms with Crippen LogP contribution < -0.4 is 9.64 Å². The van der Waals surface area contributed by atoms with Gasteiger partial charge in [0, 0.05) is 23.8 Å². The van der Waals surface area contributed by atoms with Crippen molar-refractivity contribution in [2.75, 3.05) is 19.8 Å². The monoisotopic (exact) mass is 902 g/mol. The number of aliphatic carboxylic acids is 1. The molecule has 21 nitrogen and oxygen atoms in total. The van der Waals surface area contributed by atoms with Crippen molar-refractivity contribution in [2.24, 2.45) is 28.6 Å². The molecule has 5 aliphatic rings. The van der Waals surface area contributed by atoms with Gasteiger partial charge >= 0.3 is 40.8 Å². The van der Waals surface area contributed by atoms with Crippen molar-refractivity contribution in [2.45, 2.75) is 106 Å². The van der Waals surface area contributed by atoms with E-state index in [9.17, 15) is 57.7 Å². The third-order valence-corrected chi connectivity index (χ3v) is 14.7. The Bertz CT molecular complexity index is 2390. The van der Waals surface area contributed by atoms with E-state index in [0.717, 1.165) is 6.08 Å². The Hall–Kier alpha value is -5.87. The molecule has 2 saturated heterocycles. The van der Waals surface area contributed by atoms with Gasteiger partial charge in [0.1, 0.15) is 6.10 Å². The number of aromatic nitrogens is 2. The number of Topliss-reactive ketones (excluding diaryl/α,β-unsaturated/α-hetero) is 1. The summed E-state index contributed by atoms with van der Waals surface area (Å²) < 4.78 is 64.4. The molecule has 0 amide bonds. The van der Waals surface area contributed by atoms with Gasteiger partial charge in [-0.25, -0.2) is 22.8 Å². The van der Waals surface area contributed by atoms with Crippen LogP contribution in [0.25, 0.3) is 0 Å². The lowest BCUT2D eigenvalue weighted by molar-refractivity contribution is -0.832. The zero-order valence-electron chi connectivity index (χ0n) is 34.5. The van der Waals surface area contributed by atoms with Gasteiger partial charge in [0.05, 0.1) is 54.7 Å². The maximum Gasteiger partial charge on any atom is 0.414 e. The number of carboxylic acids is 1. The Labute approximate surface area is 359 Å². The smallest absolute Gasteiger partial charge is 0.414 e. The number of carboxylic acid groups (broad SMARTS) is 1. The van der Waals surface area contributed by atoms with E-state index in [1.54, 1.807) is 26.8 Å². The maximum absolute atomic E-state index is 13.8. The number of nitrogens with zero attached hydrogens (tertiary/aromatic N) is 2. The highest BCUT2D eigenvalue weighted by Crippen LogP contribution is 2.73. The quantitative estimate of drug-likeness (QED) is 0.0752. The lowest BCUT2D eigenvalue weighted by Gasteiger charge is -2.67. The second-order valence-corrected chi connectivity index (χ2v) is 18.8. The summed E-state index contributed by atoms with van der Waals surface area (Å²) in [5.74, 6) is -11.0. The standard InChI is InChI=1S/C41H46N2O19S/c1-20(2)16-28(47)60-31-33-40-19-58-41(33,38(51)52)34(30(49)32(40)39(4)18-24(44)29(48)21(3)23(39)17-25(40)59-37(31)50)61-27(46)13-12-26(45)56-14-8-9-15-57-35-36(43(53)62-42-35)63(54,55)22-10-6-5-7-11-22/h5-7,10-11,16,23,25,30-34,48-49H,8-9,12-15,17-19H2,1-4H3,(H,51,52)/t23-,25+,30+,31+,32+,33+,34-,39-,40+,41+/m0/s1. The normalized spacial score (nSPS) is 31.8. The van der Waals surface area contributed by atoms with Crippen molar-refractivity contribution in [1.29, 1.82) is 0 Å². The molecule has 0 unspecified atom stereocenters. The van der Waals surface area contributed by atoms with Gasteiger partial charge in [0.25, 0.3) is 9.84 Å². The highest BCUT2D eigenvalue weighted by atomic mass is 32.2. The number of aliphatic hydroxyl groups excluding tert-OH is 2. The Morgan fingerprint density at radius 3 is 2.40 bits per heavy atom. The molecule has 4 fully saturated rings. The lowest BCUT2D eigenvalue weighted by atomic mass is 9.38. The minimum Gasteiger partial charge on any atom is -0.504 e. The number of aliphatic hydroxyl groups is 2. The van der Waals surface area contributed by atoms with Crippen molar-refractivity contribution in [3.05, 3.63) is 58.5 Å². The van der Waals surface area contributed by atoms with Crippen LogP contribution in [0.3, 0.4) is 0 Å². The van der Waals surface area contributed by atoms with Crippen LogP contribution in [0, 0.1) is 33.8 Å². The molecule has 1 aromatic heterocycles. The summed E-state index contributed by atoms with van der Waals surface area (Å²) in [5, 5.41) is 48.7. The van der Waals surface area contributed by atoms with Crippen LogP contribution >= 0.6 is 0 Å². The predicted octanol–water partition coefficient (Wildman–Crippen LogP) is 1.62. The first-order valence-corrected chi connectivity index (χ1v) is 21.6. The van der Waals surface area contributed by atoms with Crippen molar-refractivity contribution in [3.63, 3.8) is 0 Å². The molecule has 2 aromatic rings. The summed E-state index contributed by atoms with van der Waals surface area (Å²) in [5.41, 5.74) is -4.78. The summed E-state index contributed by atoms with van der Waals surface area (Å²) in [6.07, 6.45) is -7.13. The van der Waals surface area contributed by atoms with Gasteiger partial charge in [-0.3, -0.25) is 19.0 Å². The number of allylic oxidation sites excluding steroid dienone is 3. The number of ether oxygens (including phenoxy) is 6. The Balaban J connectivity index is 1.04. The molecule has 10 atom stereocenters. The topological polar surface area (TPSA) is 306 Å². The minimum absolute atomic E-state index is 0.00145. The molecule has 2 aliphatic heterocycles. The van der Waals surface area contributed by atoms with Gasteiger partial charge in [-0.15, -0.1) is 0 Å². The molecule has 63 heavy (non-hydrogen) atoms. The summed E-state index contributed by atoms with van der Waals surface area (Å²) in [7, 11) is -4.34. The third kappa shape index (κ3) is 7.40. The highest BCUT2D eigenvalue weighted by Gasteiger charge is 2.86. The molecule has 2 bridgehead atoms. The summed E-state index contributed by atoms with van der Waals surface area (Å²) in [4.78, 5) is 79.5. The first kappa shape index (κ1) is 45.2. The van der Waals surface area contributed by atoms with Crippen molar-refractivity contribution >= 4 is 45.5 Å². The van der Waals surface area contributed by atoms with E-state index in [0.29, 0.717) is 5.57 Å². The number of carbonyl (C=O) groups excluding carboxylic acids is 5. The first-order valence-electron chi connectivity index (χ1n) is 20.1. The molecule has 3 heterocycles. The molecular weight excluding hydrogens is 857 g/mol. The third-order valence-electron chi connectivity index (χ3n) is 13.0. The SMILES string of the molecule is CC(C)=CC(=O)O[C@H]1C(=O)O[C@@H]2C[C@H]3C(C)=C(O)C(=O)C[C@]3(C)[C@H]3[C@@H](O)[C@H](OC(=O)CCC(=O)OCCCCOc4no[n+]([O-])c4S(=O)(=O)c4ccccc4)[C@]4(C(=O)O)OC[C@]32[C@@H]14. The zero-order chi connectivity index (χ0) is 45.8. The Morgan fingerprint density at radius 1 is 1.03 bits per heavy atom. The lowest BCUT2D eigenvalue weighted by Crippen LogP contribution is -2.79. The van der Waals surface area contributed by atoms with Crippen molar-refractivity contribution in [1.82, 2.24) is 5.16 Å². The summed E-state index contributed by atoms with van der Waals surface area (Å²) in [6, 6.07) is 7.09. The molecule has 340 valence electrons.